The molecule has 1 heterocycles. The first-order valence-electron chi connectivity index (χ1n) is 8.45. The molecule has 2 unspecified atom stereocenters. The Morgan fingerprint density at radius 3 is 2.87 bits per heavy atom. The Balaban J connectivity index is 1.69. The molecular weight excluding hydrogens is 310 g/mol. The van der Waals surface area contributed by atoms with Gasteiger partial charge in [-0.2, -0.15) is 0 Å². The quantitative estimate of drug-likeness (QED) is 0.835. The van der Waals surface area contributed by atoms with Crippen LogP contribution in [0.4, 0.5) is 4.79 Å². The molecule has 1 amide bonds. The molecule has 1 aromatic heterocycles. The van der Waals surface area contributed by atoms with Crippen molar-refractivity contribution in [2.75, 3.05) is 13.1 Å². The third-order valence-corrected chi connectivity index (χ3v) is 4.84. The van der Waals surface area contributed by atoms with Gasteiger partial charge in [0.2, 0.25) is 0 Å². The predicted octanol–water partition coefficient (Wildman–Crippen LogP) is 3.28. The monoisotopic (exact) mass is 339 g/mol. The van der Waals surface area contributed by atoms with E-state index in [2.05, 4.69) is 21.0 Å². The molecule has 0 radical (unpaired) electrons. The van der Waals surface area contributed by atoms with E-state index in [0.29, 0.717) is 18.5 Å². The number of hydrogen-bond acceptors (Lipinski definition) is 5. The molecule has 1 saturated carbocycles. The predicted molar refractivity (Wildman–Crippen MR) is 93.9 cm³/mol. The minimum absolute atomic E-state index is 0.318. The van der Waals surface area contributed by atoms with Crippen molar-refractivity contribution in [1.82, 2.24) is 15.6 Å². The number of nitrogens with zero attached hydrogens (tertiary/aromatic N) is 1. The van der Waals surface area contributed by atoms with Gasteiger partial charge in [0.25, 0.3) is 0 Å². The molecule has 0 aromatic carbocycles. The van der Waals surface area contributed by atoms with Gasteiger partial charge < -0.3 is 15.4 Å². The maximum Gasteiger partial charge on any atom is 0.407 e. The normalized spacial score (nSPS) is 21.4. The molecule has 6 heteroatoms. The SMILES string of the molecule is Cc1nc(CCNC2CCCC2CNC(=O)OC(C)(C)C)cs1. The Kier molecular flexibility index (Phi) is 6.41. The maximum absolute atomic E-state index is 11.8. The molecule has 2 rings (SSSR count). The summed E-state index contributed by atoms with van der Waals surface area (Å²) in [4.78, 5) is 16.3. The Morgan fingerprint density at radius 2 is 2.22 bits per heavy atom. The number of alkyl carbamates (subject to hydrolysis) is 1. The van der Waals surface area contributed by atoms with Gasteiger partial charge in [0.05, 0.1) is 10.7 Å². The standard InChI is InChI=1S/C17H29N3O2S/c1-12-20-14(11-23-12)8-9-18-15-7-5-6-13(15)10-19-16(21)22-17(2,3)4/h11,13,15,18H,5-10H2,1-4H3,(H,19,21). The van der Waals surface area contributed by atoms with E-state index in [9.17, 15) is 4.79 Å². The fourth-order valence-corrected chi connectivity index (χ4v) is 3.63. The van der Waals surface area contributed by atoms with Crippen LogP contribution in [-0.2, 0) is 11.2 Å². The van der Waals surface area contributed by atoms with Crippen molar-refractivity contribution >= 4 is 17.4 Å². The molecule has 0 saturated heterocycles. The molecule has 23 heavy (non-hydrogen) atoms. The molecule has 1 aliphatic carbocycles. The van der Waals surface area contributed by atoms with Gasteiger partial charge in [-0.25, -0.2) is 9.78 Å². The van der Waals surface area contributed by atoms with Crippen molar-refractivity contribution in [3.05, 3.63) is 16.1 Å². The Morgan fingerprint density at radius 1 is 1.43 bits per heavy atom. The number of hydrogen-bond donors (Lipinski definition) is 2. The molecule has 130 valence electrons. The lowest BCUT2D eigenvalue weighted by Gasteiger charge is -2.23. The van der Waals surface area contributed by atoms with Gasteiger partial charge in [0.15, 0.2) is 0 Å². The van der Waals surface area contributed by atoms with E-state index in [1.165, 1.54) is 18.5 Å². The van der Waals surface area contributed by atoms with E-state index >= 15 is 0 Å². The van der Waals surface area contributed by atoms with Crippen molar-refractivity contribution in [2.24, 2.45) is 5.92 Å². The van der Waals surface area contributed by atoms with E-state index in [1.54, 1.807) is 11.3 Å². The highest BCUT2D eigenvalue weighted by Crippen LogP contribution is 2.25. The molecular formula is C17H29N3O2S. The van der Waals surface area contributed by atoms with E-state index in [4.69, 9.17) is 4.74 Å². The molecule has 0 spiro atoms. The van der Waals surface area contributed by atoms with Crippen LogP contribution in [0, 0.1) is 12.8 Å². The first-order chi connectivity index (χ1) is 10.8. The highest BCUT2D eigenvalue weighted by Gasteiger charge is 2.27. The van der Waals surface area contributed by atoms with Gasteiger partial charge in [-0.3, -0.25) is 0 Å². The van der Waals surface area contributed by atoms with Crippen LogP contribution in [0.2, 0.25) is 0 Å². The summed E-state index contributed by atoms with van der Waals surface area (Å²) in [5.74, 6) is 0.486. The van der Waals surface area contributed by atoms with E-state index in [-0.39, 0.29) is 6.09 Å². The fourth-order valence-electron chi connectivity index (χ4n) is 2.99. The van der Waals surface area contributed by atoms with Crippen LogP contribution in [0.15, 0.2) is 5.38 Å². The van der Waals surface area contributed by atoms with Crippen LogP contribution >= 0.6 is 11.3 Å². The van der Waals surface area contributed by atoms with E-state index < -0.39 is 5.60 Å². The third kappa shape index (κ3) is 6.47. The van der Waals surface area contributed by atoms with Gasteiger partial charge in [-0.1, -0.05) is 6.42 Å². The highest BCUT2D eigenvalue weighted by atomic mass is 32.1. The summed E-state index contributed by atoms with van der Waals surface area (Å²) >= 11 is 1.70. The zero-order chi connectivity index (χ0) is 16.9. The molecule has 1 fully saturated rings. The van der Waals surface area contributed by atoms with E-state index in [1.807, 2.05) is 27.7 Å². The summed E-state index contributed by atoms with van der Waals surface area (Å²) in [5.41, 5.74) is 0.727. The Hall–Kier alpha value is -1.14. The molecule has 0 bridgehead atoms. The highest BCUT2D eigenvalue weighted by molar-refractivity contribution is 7.09. The summed E-state index contributed by atoms with van der Waals surface area (Å²) < 4.78 is 5.30. The van der Waals surface area contributed by atoms with Crippen molar-refractivity contribution in [2.45, 2.75) is 65.0 Å². The Labute approximate surface area is 143 Å². The van der Waals surface area contributed by atoms with Gasteiger partial charge in [-0.15, -0.1) is 11.3 Å². The fraction of sp³-hybridized carbons (Fsp3) is 0.765. The van der Waals surface area contributed by atoms with Crippen molar-refractivity contribution < 1.29 is 9.53 Å². The minimum Gasteiger partial charge on any atom is -0.444 e. The van der Waals surface area contributed by atoms with Crippen LogP contribution < -0.4 is 10.6 Å². The lowest BCUT2D eigenvalue weighted by Crippen LogP contribution is -2.41. The van der Waals surface area contributed by atoms with Crippen LogP contribution in [0.25, 0.3) is 0 Å². The second-order valence-electron chi connectivity index (χ2n) is 7.24. The number of nitrogens with one attached hydrogen (secondary N) is 2. The van der Waals surface area contributed by atoms with E-state index in [0.717, 1.165) is 24.4 Å². The average molecular weight is 340 g/mol. The van der Waals surface area contributed by atoms with Gasteiger partial charge in [0, 0.05) is 30.9 Å². The molecule has 1 aromatic rings. The van der Waals surface area contributed by atoms with Crippen LogP contribution in [0.1, 0.15) is 50.7 Å². The second kappa shape index (κ2) is 8.11. The number of amides is 1. The third-order valence-electron chi connectivity index (χ3n) is 4.02. The van der Waals surface area contributed by atoms with Crippen LogP contribution in [0.3, 0.4) is 0 Å². The topological polar surface area (TPSA) is 63.2 Å². The summed E-state index contributed by atoms with van der Waals surface area (Å²) in [6.07, 6.45) is 4.20. The lowest BCUT2D eigenvalue weighted by atomic mass is 10.0. The lowest BCUT2D eigenvalue weighted by molar-refractivity contribution is 0.0517. The van der Waals surface area contributed by atoms with Crippen molar-refractivity contribution in [1.29, 1.82) is 0 Å². The minimum atomic E-state index is -0.441. The number of aryl methyl sites for hydroxylation is 1. The number of carbonyl (C=O) groups is 1. The number of rotatable bonds is 6. The summed E-state index contributed by atoms with van der Waals surface area (Å²) in [7, 11) is 0. The Bertz CT molecular complexity index is 510. The zero-order valence-electron chi connectivity index (χ0n) is 14.6. The van der Waals surface area contributed by atoms with Crippen molar-refractivity contribution in [3.63, 3.8) is 0 Å². The smallest absolute Gasteiger partial charge is 0.407 e. The molecule has 2 N–H and O–H groups in total. The number of carbonyl (C=O) groups excluding carboxylic acids is 1. The van der Waals surface area contributed by atoms with Gasteiger partial charge in [-0.05, 0) is 46.5 Å². The average Bonchev–Trinajstić information content (AvgIpc) is 3.04. The largest absolute Gasteiger partial charge is 0.444 e. The summed E-state index contributed by atoms with van der Waals surface area (Å²) in [6, 6.07) is 0.477. The maximum atomic E-state index is 11.8. The number of thiazole rings is 1. The van der Waals surface area contributed by atoms with Gasteiger partial charge in [0.1, 0.15) is 5.60 Å². The summed E-state index contributed by atoms with van der Waals surface area (Å²) in [6.45, 7) is 9.31. The van der Waals surface area contributed by atoms with Crippen molar-refractivity contribution in [3.8, 4) is 0 Å². The molecule has 5 nitrogen and oxygen atoms in total. The number of ether oxygens (including phenoxy) is 1. The number of aromatic nitrogens is 1. The summed E-state index contributed by atoms with van der Waals surface area (Å²) in [5, 5.41) is 9.80. The first kappa shape index (κ1) is 18.2. The second-order valence-corrected chi connectivity index (χ2v) is 8.30. The first-order valence-corrected chi connectivity index (χ1v) is 9.33. The molecule has 2 atom stereocenters. The van der Waals surface area contributed by atoms with Gasteiger partial charge >= 0.3 is 6.09 Å². The van der Waals surface area contributed by atoms with Crippen LogP contribution in [-0.4, -0.2) is 35.8 Å². The molecule has 0 aliphatic heterocycles. The van der Waals surface area contributed by atoms with Crippen LogP contribution in [0.5, 0.6) is 0 Å². The molecule has 1 aliphatic rings. The zero-order valence-corrected chi connectivity index (χ0v) is 15.5.